The lowest BCUT2D eigenvalue weighted by Crippen LogP contribution is -2.30. The van der Waals surface area contributed by atoms with Crippen molar-refractivity contribution in [1.29, 1.82) is 0 Å². The highest BCUT2D eigenvalue weighted by Gasteiger charge is 2.20. The van der Waals surface area contributed by atoms with E-state index in [9.17, 15) is 10.2 Å². The predicted octanol–water partition coefficient (Wildman–Crippen LogP) is 1.54. The van der Waals surface area contributed by atoms with Crippen LogP contribution in [-0.2, 0) is 0 Å². The number of phenols is 2. The summed E-state index contributed by atoms with van der Waals surface area (Å²) >= 11 is 0. The van der Waals surface area contributed by atoms with Crippen molar-refractivity contribution in [2.45, 2.75) is 26.0 Å². The van der Waals surface area contributed by atoms with Gasteiger partial charge in [0.2, 0.25) is 0 Å². The summed E-state index contributed by atoms with van der Waals surface area (Å²) in [5, 5.41) is 28.1. The molecule has 0 spiro atoms. The van der Waals surface area contributed by atoms with E-state index in [-0.39, 0.29) is 29.8 Å². The fraction of sp³-hybridized carbons (Fsp3) is 0.455. The first-order valence-corrected chi connectivity index (χ1v) is 4.89. The van der Waals surface area contributed by atoms with Crippen LogP contribution >= 0.6 is 12.4 Å². The standard InChI is InChI=1S/C11H17NO3.ClH/c1-6(2)11(15)10(12)7-3-4-8(13)9(14)5-7;/h3-6,10-11,13-15H,12H2,1-2H3;1H/t10-,11+;/m0./s1. The molecule has 0 unspecified atom stereocenters. The minimum Gasteiger partial charge on any atom is -0.504 e. The van der Waals surface area contributed by atoms with Gasteiger partial charge in [-0.15, -0.1) is 12.4 Å². The minimum atomic E-state index is -0.672. The van der Waals surface area contributed by atoms with E-state index in [2.05, 4.69) is 0 Å². The molecule has 0 aliphatic rings. The number of aliphatic hydroxyl groups excluding tert-OH is 1. The van der Waals surface area contributed by atoms with Crippen molar-refractivity contribution in [2.24, 2.45) is 11.7 Å². The monoisotopic (exact) mass is 247 g/mol. The van der Waals surface area contributed by atoms with Gasteiger partial charge in [-0.05, 0) is 23.6 Å². The molecule has 0 aliphatic heterocycles. The van der Waals surface area contributed by atoms with E-state index in [0.717, 1.165) is 0 Å². The first-order chi connectivity index (χ1) is 6.93. The zero-order chi connectivity index (χ0) is 11.6. The molecule has 0 saturated heterocycles. The smallest absolute Gasteiger partial charge is 0.157 e. The van der Waals surface area contributed by atoms with Gasteiger partial charge in [-0.2, -0.15) is 0 Å². The van der Waals surface area contributed by atoms with Gasteiger partial charge in [0.15, 0.2) is 11.5 Å². The normalized spacial score (nSPS) is 14.3. The molecule has 16 heavy (non-hydrogen) atoms. The maximum atomic E-state index is 9.74. The summed E-state index contributed by atoms with van der Waals surface area (Å²) in [4.78, 5) is 0. The fourth-order valence-corrected chi connectivity index (χ4v) is 1.36. The van der Waals surface area contributed by atoms with E-state index < -0.39 is 12.1 Å². The number of aliphatic hydroxyl groups is 1. The van der Waals surface area contributed by atoms with Gasteiger partial charge in [0.05, 0.1) is 12.1 Å². The molecular weight excluding hydrogens is 230 g/mol. The van der Waals surface area contributed by atoms with E-state index in [0.29, 0.717) is 5.56 Å². The third-order valence-corrected chi connectivity index (χ3v) is 2.44. The van der Waals surface area contributed by atoms with Crippen LogP contribution in [-0.4, -0.2) is 21.4 Å². The molecule has 2 atom stereocenters. The Labute approximate surface area is 101 Å². The number of halogens is 1. The third-order valence-electron chi connectivity index (χ3n) is 2.44. The molecule has 0 radical (unpaired) electrons. The molecule has 0 aliphatic carbocycles. The summed E-state index contributed by atoms with van der Waals surface area (Å²) in [6.45, 7) is 3.73. The molecule has 0 aromatic heterocycles. The van der Waals surface area contributed by atoms with Gasteiger partial charge in [-0.25, -0.2) is 0 Å². The molecule has 5 heteroatoms. The van der Waals surface area contributed by atoms with Gasteiger partial charge in [-0.1, -0.05) is 19.9 Å². The van der Waals surface area contributed by atoms with E-state index >= 15 is 0 Å². The first-order valence-electron chi connectivity index (χ1n) is 4.89. The van der Waals surface area contributed by atoms with Crippen molar-refractivity contribution < 1.29 is 15.3 Å². The molecule has 92 valence electrons. The summed E-state index contributed by atoms with van der Waals surface area (Å²) < 4.78 is 0. The summed E-state index contributed by atoms with van der Waals surface area (Å²) in [5.74, 6) is -0.375. The number of hydrogen-bond acceptors (Lipinski definition) is 4. The van der Waals surface area contributed by atoms with Crippen molar-refractivity contribution in [3.05, 3.63) is 23.8 Å². The number of aromatic hydroxyl groups is 2. The second-order valence-electron chi connectivity index (χ2n) is 4.01. The highest BCUT2D eigenvalue weighted by Crippen LogP contribution is 2.29. The lowest BCUT2D eigenvalue weighted by atomic mass is 9.94. The summed E-state index contributed by atoms with van der Waals surface area (Å²) in [5.41, 5.74) is 6.42. The number of benzene rings is 1. The highest BCUT2D eigenvalue weighted by molar-refractivity contribution is 5.85. The van der Waals surface area contributed by atoms with Crippen molar-refractivity contribution in [3.63, 3.8) is 0 Å². The Morgan fingerprint density at radius 1 is 1.12 bits per heavy atom. The van der Waals surface area contributed by atoms with Crippen LogP contribution in [0.3, 0.4) is 0 Å². The molecule has 0 bridgehead atoms. The Morgan fingerprint density at radius 2 is 1.69 bits per heavy atom. The topological polar surface area (TPSA) is 86.7 Å². The second kappa shape index (κ2) is 5.94. The van der Waals surface area contributed by atoms with Crippen LogP contribution in [0.4, 0.5) is 0 Å². The first kappa shape index (κ1) is 15.0. The van der Waals surface area contributed by atoms with Gasteiger partial charge >= 0.3 is 0 Å². The maximum Gasteiger partial charge on any atom is 0.157 e. The molecule has 1 rings (SSSR count). The van der Waals surface area contributed by atoms with Crippen LogP contribution in [0, 0.1) is 5.92 Å². The molecule has 0 heterocycles. The largest absolute Gasteiger partial charge is 0.504 e. The highest BCUT2D eigenvalue weighted by atomic mass is 35.5. The predicted molar refractivity (Wildman–Crippen MR) is 64.8 cm³/mol. The fourth-order valence-electron chi connectivity index (χ4n) is 1.36. The van der Waals surface area contributed by atoms with Crippen LogP contribution in [0.15, 0.2) is 18.2 Å². The Bertz CT molecular complexity index is 344. The van der Waals surface area contributed by atoms with Crippen LogP contribution in [0.5, 0.6) is 11.5 Å². The van der Waals surface area contributed by atoms with Crippen LogP contribution in [0.2, 0.25) is 0 Å². The van der Waals surface area contributed by atoms with Gasteiger partial charge in [-0.3, -0.25) is 0 Å². The van der Waals surface area contributed by atoms with E-state index in [1.807, 2.05) is 13.8 Å². The van der Waals surface area contributed by atoms with Crippen molar-refractivity contribution in [2.75, 3.05) is 0 Å². The molecule has 4 nitrogen and oxygen atoms in total. The molecule has 5 N–H and O–H groups in total. The Kier molecular flexibility index (Phi) is 5.58. The van der Waals surface area contributed by atoms with Gasteiger partial charge in [0, 0.05) is 0 Å². The molecular formula is C11H18ClNO3. The third kappa shape index (κ3) is 3.27. The number of hydrogen-bond donors (Lipinski definition) is 4. The Morgan fingerprint density at radius 3 is 2.12 bits per heavy atom. The summed E-state index contributed by atoms with van der Waals surface area (Å²) in [6.07, 6.45) is -0.672. The van der Waals surface area contributed by atoms with Crippen LogP contribution in [0.25, 0.3) is 0 Å². The van der Waals surface area contributed by atoms with Gasteiger partial charge in [0.25, 0.3) is 0 Å². The van der Waals surface area contributed by atoms with Crippen LogP contribution < -0.4 is 5.73 Å². The lowest BCUT2D eigenvalue weighted by Gasteiger charge is -2.22. The van der Waals surface area contributed by atoms with Gasteiger partial charge in [0.1, 0.15) is 0 Å². The Balaban J connectivity index is 0.00000225. The zero-order valence-electron chi connectivity index (χ0n) is 9.29. The van der Waals surface area contributed by atoms with Crippen LogP contribution in [0.1, 0.15) is 25.5 Å². The molecule has 0 saturated carbocycles. The molecule has 0 amide bonds. The zero-order valence-corrected chi connectivity index (χ0v) is 10.1. The molecule has 1 aromatic rings. The van der Waals surface area contributed by atoms with E-state index in [4.69, 9.17) is 10.8 Å². The quantitative estimate of drug-likeness (QED) is 0.610. The number of nitrogens with two attached hydrogens (primary N) is 1. The average molecular weight is 248 g/mol. The van der Waals surface area contributed by atoms with E-state index in [1.54, 1.807) is 6.07 Å². The second-order valence-corrected chi connectivity index (χ2v) is 4.01. The number of phenolic OH excluding ortho intramolecular Hbond substituents is 2. The summed E-state index contributed by atoms with van der Waals surface area (Å²) in [7, 11) is 0. The Hall–Kier alpha value is -0.970. The summed E-state index contributed by atoms with van der Waals surface area (Å²) in [6, 6.07) is 3.76. The van der Waals surface area contributed by atoms with Gasteiger partial charge < -0.3 is 21.1 Å². The van der Waals surface area contributed by atoms with E-state index in [1.165, 1.54) is 12.1 Å². The molecule has 0 fully saturated rings. The molecule has 1 aromatic carbocycles. The van der Waals surface area contributed by atoms with Crippen molar-refractivity contribution in [3.8, 4) is 11.5 Å². The SMILES string of the molecule is CC(C)[C@@H](O)[C@@H](N)c1ccc(O)c(O)c1.Cl. The van der Waals surface area contributed by atoms with Crippen molar-refractivity contribution >= 4 is 12.4 Å². The minimum absolute atomic E-state index is 0. The average Bonchev–Trinajstić information content (AvgIpc) is 2.19. The number of rotatable bonds is 3. The lowest BCUT2D eigenvalue weighted by molar-refractivity contribution is 0.0978. The van der Waals surface area contributed by atoms with Crippen molar-refractivity contribution in [1.82, 2.24) is 0 Å². The maximum absolute atomic E-state index is 9.74.